The van der Waals surface area contributed by atoms with Crippen molar-refractivity contribution in [1.29, 1.82) is 0 Å². The van der Waals surface area contributed by atoms with Gasteiger partial charge in [0.05, 0.1) is 30.8 Å². The average Bonchev–Trinajstić information content (AvgIpc) is 2.99. The van der Waals surface area contributed by atoms with E-state index in [1.807, 2.05) is 25.0 Å². The number of nitrogens with zero attached hydrogens (tertiary/aromatic N) is 3. The molecule has 1 aromatic rings. The minimum absolute atomic E-state index is 0.188. The summed E-state index contributed by atoms with van der Waals surface area (Å²) < 4.78 is 8.04. The van der Waals surface area contributed by atoms with Crippen molar-refractivity contribution in [2.24, 2.45) is 7.05 Å². The van der Waals surface area contributed by atoms with Crippen molar-refractivity contribution in [3.05, 3.63) is 18.2 Å². The highest BCUT2D eigenvalue weighted by Crippen LogP contribution is 2.27. The van der Waals surface area contributed by atoms with Gasteiger partial charge < -0.3 is 14.6 Å². The lowest BCUT2D eigenvalue weighted by atomic mass is 10.1. The van der Waals surface area contributed by atoms with Gasteiger partial charge in [0, 0.05) is 25.8 Å². The maximum atomic E-state index is 6.06. The molecule has 2 aliphatic heterocycles. The van der Waals surface area contributed by atoms with Crippen LogP contribution >= 0.6 is 0 Å². The summed E-state index contributed by atoms with van der Waals surface area (Å²) >= 11 is 0. The summed E-state index contributed by atoms with van der Waals surface area (Å²) in [6.07, 6.45) is 6.73. The molecule has 0 spiro atoms. The number of imidazole rings is 1. The van der Waals surface area contributed by atoms with Gasteiger partial charge in [0.25, 0.3) is 0 Å². The largest absolute Gasteiger partial charge is 0.373 e. The first-order chi connectivity index (χ1) is 8.78. The zero-order valence-electron chi connectivity index (χ0n) is 11.2. The Morgan fingerprint density at radius 2 is 2.44 bits per heavy atom. The standard InChI is InChI=1S/C13H22N4O/c1-14-13(11-6-16(2)9-15-11)12-7-17-5-3-4-10(17)8-18-12/h6,9-10,12-14H,3-5,7-8H2,1-2H3. The Balaban J connectivity index is 1.72. The van der Waals surface area contributed by atoms with Crippen molar-refractivity contribution in [2.45, 2.75) is 31.0 Å². The number of nitrogens with one attached hydrogen (secondary N) is 1. The first-order valence-corrected chi connectivity index (χ1v) is 6.78. The molecule has 0 bridgehead atoms. The Morgan fingerprint density at radius 3 is 3.17 bits per heavy atom. The maximum Gasteiger partial charge on any atom is 0.0947 e. The van der Waals surface area contributed by atoms with Gasteiger partial charge in [0.15, 0.2) is 0 Å². The molecule has 5 nitrogen and oxygen atoms in total. The van der Waals surface area contributed by atoms with Gasteiger partial charge in [-0.15, -0.1) is 0 Å². The Bertz CT molecular complexity index is 405. The summed E-state index contributed by atoms with van der Waals surface area (Å²) in [6, 6.07) is 0.843. The number of fused-ring (bicyclic) bond motifs is 1. The second-order valence-electron chi connectivity index (χ2n) is 5.39. The topological polar surface area (TPSA) is 42.3 Å². The molecule has 3 heterocycles. The van der Waals surface area contributed by atoms with Crippen LogP contribution in [0.1, 0.15) is 24.6 Å². The Hall–Kier alpha value is -0.910. The maximum absolute atomic E-state index is 6.06. The Kier molecular flexibility index (Phi) is 3.37. The molecule has 18 heavy (non-hydrogen) atoms. The monoisotopic (exact) mass is 250 g/mol. The van der Waals surface area contributed by atoms with Crippen LogP contribution < -0.4 is 5.32 Å². The van der Waals surface area contributed by atoms with Crippen molar-refractivity contribution in [1.82, 2.24) is 19.8 Å². The fourth-order valence-electron chi connectivity index (χ4n) is 3.16. The highest BCUT2D eigenvalue weighted by Gasteiger charge is 2.36. The number of aromatic nitrogens is 2. The zero-order chi connectivity index (χ0) is 12.5. The highest BCUT2D eigenvalue weighted by molar-refractivity contribution is 5.07. The van der Waals surface area contributed by atoms with Gasteiger partial charge in [0.1, 0.15) is 0 Å². The molecule has 2 saturated heterocycles. The van der Waals surface area contributed by atoms with Crippen LogP contribution in [0.5, 0.6) is 0 Å². The second kappa shape index (κ2) is 4.99. The molecule has 3 atom stereocenters. The number of morpholine rings is 1. The van der Waals surface area contributed by atoms with E-state index >= 15 is 0 Å². The predicted molar refractivity (Wildman–Crippen MR) is 69.3 cm³/mol. The van der Waals surface area contributed by atoms with Crippen molar-refractivity contribution >= 4 is 0 Å². The third-order valence-electron chi connectivity index (χ3n) is 4.14. The van der Waals surface area contributed by atoms with Crippen LogP contribution in [0.2, 0.25) is 0 Å². The molecule has 1 aromatic heterocycles. The molecule has 2 aliphatic rings. The molecule has 3 unspecified atom stereocenters. The first kappa shape index (κ1) is 12.1. The van der Waals surface area contributed by atoms with Gasteiger partial charge in [-0.2, -0.15) is 0 Å². The normalized spacial score (nSPS) is 30.3. The van der Waals surface area contributed by atoms with Gasteiger partial charge in [0.2, 0.25) is 0 Å². The fourth-order valence-corrected chi connectivity index (χ4v) is 3.16. The Labute approximate surface area is 108 Å². The Morgan fingerprint density at radius 1 is 1.56 bits per heavy atom. The third-order valence-corrected chi connectivity index (χ3v) is 4.14. The van der Waals surface area contributed by atoms with E-state index in [0.29, 0.717) is 6.04 Å². The SMILES string of the molecule is CNC(c1cn(C)cn1)C1CN2CCCC2CO1. The van der Waals surface area contributed by atoms with Crippen LogP contribution in [0, 0.1) is 0 Å². The summed E-state index contributed by atoms with van der Waals surface area (Å²) in [5.74, 6) is 0. The average molecular weight is 250 g/mol. The summed E-state index contributed by atoms with van der Waals surface area (Å²) in [5.41, 5.74) is 1.07. The predicted octanol–water partition coefficient (Wildman–Crippen LogP) is 0.544. The molecule has 0 aromatic carbocycles. The van der Waals surface area contributed by atoms with Crippen molar-refractivity contribution < 1.29 is 4.74 Å². The lowest BCUT2D eigenvalue weighted by molar-refractivity contribution is -0.0648. The molecule has 0 aliphatic carbocycles. The molecular formula is C13H22N4O. The van der Waals surface area contributed by atoms with Crippen LogP contribution in [-0.2, 0) is 11.8 Å². The lowest BCUT2D eigenvalue weighted by Gasteiger charge is -2.38. The van der Waals surface area contributed by atoms with Crippen molar-refractivity contribution in [2.75, 3.05) is 26.7 Å². The van der Waals surface area contributed by atoms with E-state index in [1.54, 1.807) is 0 Å². The van der Waals surface area contributed by atoms with E-state index in [4.69, 9.17) is 4.74 Å². The summed E-state index contributed by atoms with van der Waals surface area (Å²) in [4.78, 5) is 7.02. The second-order valence-corrected chi connectivity index (χ2v) is 5.39. The number of hydrogen-bond acceptors (Lipinski definition) is 4. The molecule has 0 saturated carbocycles. The minimum Gasteiger partial charge on any atom is -0.373 e. The number of rotatable bonds is 3. The zero-order valence-corrected chi connectivity index (χ0v) is 11.2. The fraction of sp³-hybridized carbons (Fsp3) is 0.769. The molecule has 0 amide bonds. The first-order valence-electron chi connectivity index (χ1n) is 6.78. The molecule has 1 N–H and O–H groups in total. The molecule has 3 rings (SSSR count). The van der Waals surface area contributed by atoms with E-state index in [9.17, 15) is 0 Å². The van der Waals surface area contributed by atoms with Crippen molar-refractivity contribution in [3.63, 3.8) is 0 Å². The number of ether oxygens (including phenoxy) is 1. The van der Waals surface area contributed by atoms with Crippen molar-refractivity contribution in [3.8, 4) is 0 Å². The van der Waals surface area contributed by atoms with Gasteiger partial charge in [-0.3, -0.25) is 4.90 Å². The van der Waals surface area contributed by atoms with Crippen LogP contribution in [0.15, 0.2) is 12.5 Å². The number of hydrogen-bond donors (Lipinski definition) is 1. The van der Waals surface area contributed by atoms with E-state index in [1.165, 1.54) is 19.4 Å². The van der Waals surface area contributed by atoms with Gasteiger partial charge in [-0.1, -0.05) is 0 Å². The quantitative estimate of drug-likeness (QED) is 0.850. The molecular weight excluding hydrogens is 228 g/mol. The summed E-state index contributed by atoms with van der Waals surface area (Å²) in [7, 11) is 3.99. The third kappa shape index (κ3) is 2.18. The van der Waals surface area contributed by atoms with Gasteiger partial charge in [-0.25, -0.2) is 4.98 Å². The van der Waals surface area contributed by atoms with Crippen LogP contribution in [0.25, 0.3) is 0 Å². The van der Waals surface area contributed by atoms with Crippen LogP contribution in [0.4, 0.5) is 0 Å². The number of aryl methyl sites for hydroxylation is 1. The lowest BCUT2D eigenvalue weighted by Crippen LogP contribution is -2.50. The van der Waals surface area contributed by atoms with E-state index in [2.05, 4.69) is 21.4 Å². The van der Waals surface area contributed by atoms with E-state index < -0.39 is 0 Å². The van der Waals surface area contributed by atoms with Gasteiger partial charge >= 0.3 is 0 Å². The van der Waals surface area contributed by atoms with Gasteiger partial charge in [-0.05, 0) is 26.4 Å². The van der Waals surface area contributed by atoms with E-state index in [0.717, 1.165) is 18.8 Å². The van der Waals surface area contributed by atoms with Crippen LogP contribution in [-0.4, -0.2) is 53.3 Å². The summed E-state index contributed by atoms with van der Waals surface area (Å²) in [5, 5.41) is 3.35. The van der Waals surface area contributed by atoms with Crippen LogP contribution in [0.3, 0.4) is 0 Å². The number of likely N-dealkylation sites (N-methyl/N-ethyl adjacent to an activating group) is 1. The molecule has 0 radical (unpaired) electrons. The smallest absolute Gasteiger partial charge is 0.0947 e. The minimum atomic E-state index is 0.188. The highest BCUT2D eigenvalue weighted by atomic mass is 16.5. The molecule has 5 heteroatoms. The molecule has 100 valence electrons. The molecule has 2 fully saturated rings. The summed E-state index contributed by atoms with van der Waals surface area (Å²) in [6.45, 7) is 3.12. The van der Waals surface area contributed by atoms with E-state index in [-0.39, 0.29) is 12.1 Å².